The summed E-state index contributed by atoms with van der Waals surface area (Å²) in [6.45, 7) is 6.92. The van der Waals surface area contributed by atoms with Gasteiger partial charge in [0, 0.05) is 43.3 Å². The van der Waals surface area contributed by atoms with Gasteiger partial charge in [-0.25, -0.2) is 9.97 Å². The second kappa shape index (κ2) is 10.5. The maximum atomic E-state index is 13.3. The van der Waals surface area contributed by atoms with Crippen molar-refractivity contribution in [1.29, 1.82) is 0 Å². The van der Waals surface area contributed by atoms with E-state index in [-0.39, 0.29) is 11.9 Å². The Balaban J connectivity index is 1.63. The third-order valence-corrected chi connectivity index (χ3v) is 5.87. The fraction of sp³-hybridized carbons (Fsp3) is 0.500. The van der Waals surface area contributed by atoms with E-state index in [1.807, 2.05) is 36.9 Å². The molecule has 2 heterocycles. The number of aryl methyl sites for hydroxylation is 2. The predicted molar refractivity (Wildman–Crippen MR) is 124 cm³/mol. The molecule has 1 aliphatic rings. The topological polar surface area (TPSA) is 70.6 Å². The Morgan fingerprint density at radius 1 is 1.13 bits per heavy atom. The summed E-state index contributed by atoms with van der Waals surface area (Å²) in [6.07, 6.45) is 2.80. The van der Waals surface area contributed by atoms with Gasteiger partial charge in [0.05, 0.1) is 7.11 Å². The molecule has 162 valence electrons. The largest absolute Gasteiger partial charge is 0.497 e. The van der Waals surface area contributed by atoms with Crippen molar-refractivity contribution in [1.82, 2.24) is 14.9 Å². The van der Waals surface area contributed by atoms with Crippen LogP contribution in [-0.2, 0) is 4.79 Å². The Morgan fingerprint density at radius 3 is 2.33 bits per heavy atom. The minimum atomic E-state index is -0.314. The number of thioether (sulfide) groups is 1. The van der Waals surface area contributed by atoms with Crippen LogP contribution in [0.3, 0.4) is 0 Å². The lowest BCUT2D eigenvalue weighted by molar-refractivity contribution is -0.132. The van der Waals surface area contributed by atoms with Crippen LogP contribution in [0.2, 0.25) is 0 Å². The van der Waals surface area contributed by atoms with Crippen LogP contribution in [0.25, 0.3) is 0 Å². The van der Waals surface area contributed by atoms with E-state index in [0.29, 0.717) is 19.0 Å². The molecule has 1 N–H and O–H groups in total. The summed E-state index contributed by atoms with van der Waals surface area (Å²) >= 11 is 1.74. The van der Waals surface area contributed by atoms with Crippen molar-refractivity contribution in [2.24, 2.45) is 0 Å². The quantitative estimate of drug-likeness (QED) is 0.692. The Bertz CT molecular complexity index is 818. The van der Waals surface area contributed by atoms with Crippen LogP contribution in [0.5, 0.6) is 5.75 Å². The van der Waals surface area contributed by atoms with Crippen LogP contribution < -0.4 is 15.0 Å². The van der Waals surface area contributed by atoms with E-state index in [4.69, 9.17) is 4.74 Å². The molecule has 7 nitrogen and oxygen atoms in total. The maximum absolute atomic E-state index is 13.3. The minimum Gasteiger partial charge on any atom is -0.497 e. The molecule has 1 aromatic carbocycles. The maximum Gasteiger partial charge on any atom is 0.245 e. The van der Waals surface area contributed by atoms with Gasteiger partial charge in [0.1, 0.15) is 11.8 Å². The van der Waals surface area contributed by atoms with Crippen LogP contribution in [0.1, 0.15) is 17.8 Å². The van der Waals surface area contributed by atoms with Gasteiger partial charge in [-0.05, 0) is 62.6 Å². The first-order valence-electron chi connectivity index (χ1n) is 10.3. The monoisotopic (exact) mass is 429 g/mol. The van der Waals surface area contributed by atoms with Gasteiger partial charge in [-0.3, -0.25) is 4.79 Å². The second-order valence-corrected chi connectivity index (χ2v) is 8.45. The molecule has 1 atom stereocenters. The van der Waals surface area contributed by atoms with Crippen molar-refractivity contribution in [2.45, 2.75) is 26.3 Å². The molecule has 1 fully saturated rings. The van der Waals surface area contributed by atoms with Gasteiger partial charge in [0.25, 0.3) is 0 Å². The van der Waals surface area contributed by atoms with Crippen LogP contribution in [0.15, 0.2) is 30.3 Å². The lowest BCUT2D eigenvalue weighted by Gasteiger charge is -2.37. The lowest BCUT2D eigenvalue weighted by atomic mass is 10.1. The Kier molecular flexibility index (Phi) is 7.79. The van der Waals surface area contributed by atoms with Gasteiger partial charge >= 0.3 is 0 Å². The molecule has 8 heteroatoms. The number of ether oxygens (including phenoxy) is 1. The normalized spacial score (nSPS) is 15.1. The molecule has 0 spiro atoms. The Hall–Kier alpha value is -2.48. The fourth-order valence-corrected chi connectivity index (χ4v) is 4.11. The third-order valence-electron chi connectivity index (χ3n) is 5.22. The van der Waals surface area contributed by atoms with Gasteiger partial charge < -0.3 is 19.9 Å². The molecular formula is C22H31N5O2S. The molecule has 0 saturated carbocycles. The van der Waals surface area contributed by atoms with Gasteiger partial charge in [-0.1, -0.05) is 0 Å². The molecule has 0 bridgehead atoms. The minimum absolute atomic E-state index is 0.126. The van der Waals surface area contributed by atoms with E-state index in [0.717, 1.165) is 48.1 Å². The molecule has 30 heavy (non-hydrogen) atoms. The van der Waals surface area contributed by atoms with Gasteiger partial charge in [-0.2, -0.15) is 11.8 Å². The van der Waals surface area contributed by atoms with E-state index in [1.54, 1.807) is 18.9 Å². The number of hydrogen-bond donors (Lipinski definition) is 1. The highest BCUT2D eigenvalue weighted by atomic mass is 32.2. The molecular weight excluding hydrogens is 398 g/mol. The number of carbonyl (C=O) groups is 1. The zero-order valence-corrected chi connectivity index (χ0v) is 19.0. The van der Waals surface area contributed by atoms with Crippen LogP contribution >= 0.6 is 11.8 Å². The van der Waals surface area contributed by atoms with E-state index in [1.165, 1.54) is 0 Å². The highest BCUT2D eigenvalue weighted by molar-refractivity contribution is 7.98. The molecule has 1 amide bonds. The van der Waals surface area contributed by atoms with Gasteiger partial charge in [-0.15, -0.1) is 0 Å². The average molecular weight is 430 g/mol. The van der Waals surface area contributed by atoms with Crippen molar-refractivity contribution in [3.05, 3.63) is 41.7 Å². The first-order valence-corrected chi connectivity index (χ1v) is 11.6. The summed E-state index contributed by atoms with van der Waals surface area (Å²) < 4.78 is 5.24. The number of nitrogens with zero attached hydrogens (tertiary/aromatic N) is 4. The van der Waals surface area contributed by atoms with Gasteiger partial charge in [0.2, 0.25) is 11.9 Å². The van der Waals surface area contributed by atoms with Crippen molar-refractivity contribution in [3.63, 3.8) is 0 Å². The number of amides is 1. The standard InChI is InChI=1S/C22H31N5O2S/c1-16-15-17(2)24-22(23-16)25-20(9-14-30-4)21(28)27-12-10-26(11-13-27)18-5-7-19(29-3)8-6-18/h5-8,15,20H,9-14H2,1-4H3,(H,23,24,25)/t20-/m1/s1. The van der Waals surface area contributed by atoms with Crippen molar-refractivity contribution in [2.75, 3.05) is 55.5 Å². The number of anilines is 2. The summed E-state index contributed by atoms with van der Waals surface area (Å²) in [5.74, 6) is 2.41. The summed E-state index contributed by atoms with van der Waals surface area (Å²) in [7, 11) is 1.67. The number of aromatic nitrogens is 2. The first-order chi connectivity index (χ1) is 14.5. The first kappa shape index (κ1) is 22.2. The van der Waals surface area contributed by atoms with Crippen molar-refractivity contribution >= 4 is 29.3 Å². The van der Waals surface area contributed by atoms with E-state index in [9.17, 15) is 4.79 Å². The summed E-state index contributed by atoms with van der Waals surface area (Å²) in [5, 5.41) is 3.29. The zero-order chi connectivity index (χ0) is 21.5. The summed E-state index contributed by atoms with van der Waals surface area (Å²) in [5.41, 5.74) is 2.95. The number of benzene rings is 1. The highest BCUT2D eigenvalue weighted by Gasteiger charge is 2.28. The fourth-order valence-electron chi connectivity index (χ4n) is 3.64. The Labute approximate surface area is 183 Å². The van der Waals surface area contributed by atoms with Crippen LogP contribution in [-0.4, -0.2) is 72.1 Å². The van der Waals surface area contributed by atoms with Gasteiger partial charge in [0.15, 0.2) is 0 Å². The molecule has 1 saturated heterocycles. The van der Waals surface area contributed by atoms with Crippen LogP contribution in [0, 0.1) is 13.8 Å². The Morgan fingerprint density at radius 2 is 1.77 bits per heavy atom. The number of piperazine rings is 1. The molecule has 0 radical (unpaired) electrons. The summed E-state index contributed by atoms with van der Waals surface area (Å²) in [6, 6.07) is 9.69. The van der Waals surface area contributed by atoms with E-state index >= 15 is 0 Å². The van der Waals surface area contributed by atoms with Crippen LogP contribution in [0.4, 0.5) is 11.6 Å². The van der Waals surface area contributed by atoms with E-state index < -0.39 is 0 Å². The van der Waals surface area contributed by atoms with Crippen molar-refractivity contribution in [3.8, 4) is 5.75 Å². The van der Waals surface area contributed by atoms with Crippen molar-refractivity contribution < 1.29 is 9.53 Å². The predicted octanol–water partition coefficient (Wildman–Crippen LogP) is 2.98. The molecule has 2 aromatic rings. The number of nitrogens with one attached hydrogen (secondary N) is 1. The average Bonchev–Trinajstić information content (AvgIpc) is 2.75. The zero-order valence-electron chi connectivity index (χ0n) is 18.2. The number of carbonyl (C=O) groups excluding carboxylic acids is 1. The molecule has 1 aliphatic heterocycles. The number of rotatable bonds is 8. The highest BCUT2D eigenvalue weighted by Crippen LogP contribution is 2.21. The SMILES string of the molecule is COc1ccc(N2CCN(C(=O)[C@@H](CCSC)Nc3nc(C)cc(C)n3)CC2)cc1. The molecule has 3 rings (SSSR count). The molecule has 1 aromatic heterocycles. The summed E-state index contributed by atoms with van der Waals surface area (Å²) in [4.78, 5) is 26.4. The lowest BCUT2D eigenvalue weighted by Crippen LogP contribution is -2.53. The number of hydrogen-bond acceptors (Lipinski definition) is 7. The number of methoxy groups -OCH3 is 1. The smallest absolute Gasteiger partial charge is 0.245 e. The second-order valence-electron chi connectivity index (χ2n) is 7.46. The molecule has 0 aliphatic carbocycles. The van der Waals surface area contributed by atoms with E-state index in [2.05, 4.69) is 38.6 Å². The third kappa shape index (κ3) is 5.78. The molecule has 0 unspecified atom stereocenters.